The van der Waals surface area contributed by atoms with Crippen LogP contribution in [0.2, 0.25) is 0 Å². The third-order valence-corrected chi connectivity index (χ3v) is 3.11. The summed E-state index contributed by atoms with van der Waals surface area (Å²) in [5, 5.41) is 3.43. The average molecular weight is 244 g/mol. The minimum Gasteiger partial charge on any atom is -0.306 e. The van der Waals surface area contributed by atoms with Gasteiger partial charge in [0.15, 0.2) is 0 Å². The van der Waals surface area contributed by atoms with Gasteiger partial charge in [0, 0.05) is 25.0 Å². The van der Waals surface area contributed by atoms with Gasteiger partial charge in [-0.05, 0) is 54.8 Å². The molecule has 18 heavy (non-hydrogen) atoms. The number of nitrogens with one attached hydrogen (secondary N) is 1. The van der Waals surface area contributed by atoms with Crippen molar-refractivity contribution in [1.29, 1.82) is 0 Å². The molecule has 0 fully saturated rings. The molecular weight excluding hydrogens is 227 g/mol. The number of halogens is 1. The van der Waals surface area contributed by atoms with Crippen LogP contribution in [0.1, 0.15) is 29.7 Å². The van der Waals surface area contributed by atoms with Crippen LogP contribution in [-0.4, -0.2) is 4.98 Å². The van der Waals surface area contributed by atoms with E-state index < -0.39 is 0 Å². The Balaban J connectivity index is 1.99. The summed E-state index contributed by atoms with van der Waals surface area (Å²) in [6.45, 7) is 4.76. The van der Waals surface area contributed by atoms with Gasteiger partial charge in [-0.3, -0.25) is 4.98 Å². The summed E-state index contributed by atoms with van der Waals surface area (Å²) < 4.78 is 13.0. The molecule has 0 bridgehead atoms. The lowest BCUT2D eigenvalue weighted by Crippen LogP contribution is -2.18. The molecule has 1 atom stereocenters. The summed E-state index contributed by atoms with van der Waals surface area (Å²) in [6, 6.07) is 9.13. The highest BCUT2D eigenvalue weighted by Crippen LogP contribution is 2.14. The van der Waals surface area contributed by atoms with Crippen molar-refractivity contribution in [2.45, 2.75) is 26.4 Å². The zero-order valence-corrected chi connectivity index (χ0v) is 10.7. The first-order valence-corrected chi connectivity index (χ1v) is 6.05. The molecule has 2 rings (SSSR count). The number of benzene rings is 1. The average Bonchev–Trinajstić information content (AvgIpc) is 2.38. The summed E-state index contributed by atoms with van der Waals surface area (Å²) in [7, 11) is 0. The van der Waals surface area contributed by atoms with Gasteiger partial charge in [0.2, 0.25) is 0 Å². The molecule has 1 N–H and O–H groups in total. The van der Waals surface area contributed by atoms with Gasteiger partial charge in [0.25, 0.3) is 0 Å². The van der Waals surface area contributed by atoms with Crippen LogP contribution < -0.4 is 5.32 Å². The summed E-state index contributed by atoms with van der Waals surface area (Å²) in [6.07, 6.45) is 3.58. The Hall–Kier alpha value is -1.74. The normalized spacial score (nSPS) is 12.4. The van der Waals surface area contributed by atoms with E-state index >= 15 is 0 Å². The molecular formula is C15H17FN2. The second kappa shape index (κ2) is 5.74. The van der Waals surface area contributed by atoms with Gasteiger partial charge in [-0.1, -0.05) is 6.07 Å². The number of rotatable bonds is 4. The van der Waals surface area contributed by atoms with E-state index in [-0.39, 0.29) is 11.9 Å². The molecule has 2 nitrogen and oxygen atoms in total. The predicted octanol–water partition coefficient (Wildman–Crippen LogP) is 3.38. The highest BCUT2D eigenvalue weighted by molar-refractivity contribution is 5.26. The lowest BCUT2D eigenvalue weighted by molar-refractivity contribution is 0.570. The third-order valence-electron chi connectivity index (χ3n) is 3.11. The topological polar surface area (TPSA) is 24.9 Å². The van der Waals surface area contributed by atoms with Crippen LogP contribution in [0.3, 0.4) is 0 Å². The Bertz CT molecular complexity index is 511. The van der Waals surface area contributed by atoms with Gasteiger partial charge in [0.1, 0.15) is 5.82 Å². The molecule has 0 spiro atoms. The number of nitrogens with zero attached hydrogens (tertiary/aromatic N) is 1. The number of hydrogen-bond donors (Lipinski definition) is 1. The first-order chi connectivity index (χ1) is 8.66. The Morgan fingerprint density at radius 3 is 2.61 bits per heavy atom. The van der Waals surface area contributed by atoms with Crippen molar-refractivity contribution in [3.63, 3.8) is 0 Å². The summed E-state index contributed by atoms with van der Waals surface area (Å²) >= 11 is 0. The Kier molecular flexibility index (Phi) is 4.05. The van der Waals surface area contributed by atoms with Crippen LogP contribution in [0, 0.1) is 12.7 Å². The van der Waals surface area contributed by atoms with Gasteiger partial charge >= 0.3 is 0 Å². The number of aromatic nitrogens is 1. The molecule has 0 unspecified atom stereocenters. The van der Waals surface area contributed by atoms with E-state index in [4.69, 9.17) is 0 Å². The van der Waals surface area contributed by atoms with E-state index in [1.807, 2.05) is 25.1 Å². The lowest BCUT2D eigenvalue weighted by Gasteiger charge is -2.15. The van der Waals surface area contributed by atoms with Crippen molar-refractivity contribution in [1.82, 2.24) is 10.3 Å². The van der Waals surface area contributed by atoms with E-state index in [1.165, 1.54) is 11.6 Å². The molecule has 0 amide bonds. The van der Waals surface area contributed by atoms with Crippen molar-refractivity contribution in [3.8, 4) is 0 Å². The van der Waals surface area contributed by atoms with Crippen molar-refractivity contribution in [3.05, 3.63) is 65.2 Å². The van der Waals surface area contributed by atoms with Crippen molar-refractivity contribution in [2.24, 2.45) is 0 Å². The molecule has 0 saturated carbocycles. The molecule has 2 aromatic rings. The lowest BCUT2D eigenvalue weighted by atomic mass is 10.1. The van der Waals surface area contributed by atoms with Crippen LogP contribution in [0.5, 0.6) is 0 Å². The minimum atomic E-state index is -0.182. The number of aryl methyl sites for hydroxylation is 1. The van der Waals surface area contributed by atoms with E-state index in [2.05, 4.69) is 17.2 Å². The number of pyridine rings is 1. The smallest absolute Gasteiger partial charge is 0.123 e. The van der Waals surface area contributed by atoms with Crippen molar-refractivity contribution in [2.75, 3.05) is 0 Å². The predicted molar refractivity (Wildman–Crippen MR) is 70.6 cm³/mol. The van der Waals surface area contributed by atoms with Crippen LogP contribution >= 0.6 is 0 Å². The minimum absolute atomic E-state index is 0.182. The molecule has 0 aliphatic rings. The van der Waals surface area contributed by atoms with E-state index in [9.17, 15) is 4.39 Å². The van der Waals surface area contributed by atoms with Crippen molar-refractivity contribution < 1.29 is 4.39 Å². The zero-order chi connectivity index (χ0) is 13.0. The Morgan fingerprint density at radius 2 is 1.94 bits per heavy atom. The maximum Gasteiger partial charge on any atom is 0.123 e. The molecule has 1 aromatic heterocycles. The second-order valence-electron chi connectivity index (χ2n) is 4.45. The maximum absolute atomic E-state index is 13.0. The standard InChI is InChI=1S/C15H17FN2/c1-11-9-15(16)4-3-14(11)10-18-12(2)13-5-7-17-8-6-13/h3-9,12,18H,10H2,1-2H3/t12-/m1/s1. The molecule has 0 aliphatic carbocycles. The zero-order valence-electron chi connectivity index (χ0n) is 10.7. The molecule has 0 aliphatic heterocycles. The van der Waals surface area contributed by atoms with E-state index in [0.717, 1.165) is 17.7 Å². The van der Waals surface area contributed by atoms with Crippen LogP contribution in [0.25, 0.3) is 0 Å². The Labute approximate surface area is 107 Å². The van der Waals surface area contributed by atoms with Crippen LogP contribution in [0.4, 0.5) is 4.39 Å². The highest BCUT2D eigenvalue weighted by Gasteiger charge is 2.05. The fourth-order valence-electron chi connectivity index (χ4n) is 1.89. The molecule has 1 heterocycles. The Morgan fingerprint density at radius 1 is 1.22 bits per heavy atom. The largest absolute Gasteiger partial charge is 0.306 e. The molecule has 94 valence electrons. The fourth-order valence-corrected chi connectivity index (χ4v) is 1.89. The third kappa shape index (κ3) is 3.14. The van der Waals surface area contributed by atoms with Crippen molar-refractivity contribution >= 4 is 0 Å². The maximum atomic E-state index is 13.0. The van der Waals surface area contributed by atoms with Crippen LogP contribution in [-0.2, 0) is 6.54 Å². The monoisotopic (exact) mass is 244 g/mol. The molecule has 0 radical (unpaired) electrons. The highest BCUT2D eigenvalue weighted by atomic mass is 19.1. The van der Waals surface area contributed by atoms with Gasteiger partial charge in [-0.15, -0.1) is 0 Å². The SMILES string of the molecule is Cc1cc(F)ccc1CN[C@H](C)c1ccncc1. The molecule has 3 heteroatoms. The molecule has 0 saturated heterocycles. The van der Waals surface area contributed by atoms with Gasteiger partial charge < -0.3 is 5.32 Å². The first kappa shape index (κ1) is 12.7. The quantitative estimate of drug-likeness (QED) is 0.891. The van der Waals surface area contributed by atoms with Gasteiger partial charge in [0.05, 0.1) is 0 Å². The number of hydrogen-bond acceptors (Lipinski definition) is 2. The summed E-state index contributed by atoms with van der Waals surface area (Å²) in [5.41, 5.74) is 3.30. The molecule has 1 aromatic carbocycles. The second-order valence-corrected chi connectivity index (χ2v) is 4.45. The first-order valence-electron chi connectivity index (χ1n) is 6.05. The summed E-state index contributed by atoms with van der Waals surface area (Å²) in [4.78, 5) is 4.00. The van der Waals surface area contributed by atoms with E-state index in [1.54, 1.807) is 18.5 Å². The summed E-state index contributed by atoms with van der Waals surface area (Å²) in [5.74, 6) is -0.182. The fraction of sp³-hybridized carbons (Fsp3) is 0.267. The van der Waals surface area contributed by atoms with Gasteiger partial charge in [-0.2, -0.15) is 0 Å². The van der Waals surface area contributed by atoms with Gasteiger partial charge in [-0.25, -0.2) is 4.39 Å². The van der Waals surface area contributed by atoms with Crippen LogP contribution in [0.15, 0.2) is 42.7 Å². The van der Waals surface area contributed by atoms with E-state index in [0.29, 0.717) is 0 Å².